The van der Waals surface area contributed by atoms with Gasteiger partial charge in [-0.1, -0.05) is 17.8 Å². The van der Waals surface area contributed by atoms with E-state index in [1.807, 2.05) is 0 Å². The number of benzene rings is 1. The van der Waals surface area contributed by atoms with E-state index in [2.05, 4.69) is 38.4 Å². The quantitative estimate of drug-likeness (QED) is 0.699. The van der Waals surface area contributed by atoms with Gasteiger partial charge in [-0.25, -0.2) is 14.8 Å². The number of carboxylic acid groups (broad SMARTS) is 1. The third-order valence-corrected chi connectivity index (χ3v) is 5.37. The van der Waals surface area contributed by atoms with E-state index >= 15 is 0 Å². The summed E-state index contributed by atoms with van der Waals surface area (Å²) in [5.74, 6) is -0.0616. The number of nitrogens with one attached hydrogen (secondary N) is 1. The minimum absolute atomic E-state index is 0.722. The fourth-order valence-electron chi connectivity index (χ4n) is 3.24. The Balaban J connectivity index is 1.49. The van der Waals surface area contributed by atoms with Gasteiger partial charge in [-0.2, -0.15) is 0 Å². The summed E-state index contributed by atoms with van der Waals surface area (Å²) in [6.45, 7) is 2.52. The van der Waals surface area contributed by atoms with Gasteiger partial charge in [0.2, 0.25) is 0 Å². The second-order valence-electron chi connectivity index (χ2n) is 6.22. The molecule has 0 saturated carbocycles. The Morgan fingerprint density at radius 3 is 3.12 bits per heavy atom. The summed E-state index contributed by atoms with van der Waals surface area (Å²) in [7, 11) is 0. The number of likely N-dealkylation sites (tertiary alicyclic amines) is 1. The number of anilines is 2. The Morgan fingerprint density at radius 1 is 1.36 bits per heavy atom. The first-order valence-electron chi connectivity index (χ1n) is 8.21. The standard InChI is InChI=1S/C18H18N4O2S/c23-16(24)9-12-2-1-7-22(10-12)11-13-3-4-15-14(8-13)21-17-18(25-15)20-6-5-19-17/h3-6,8-9H,1-2,7,10-11H2,(H,19,21)(H,23,24)/b12-9-. The molecule has 0 amide bonds. The van der Waals surface area contributed by atoms with E-state index in [0.29, 0.717) is 0 Å². The van der Waals surface area contributed by atoms with Gasteiger partial charge in [-0.15, -0.1) is 0 Å². The van der Waals surface area contributed by atoms with Crippen molar-refractivity contribution in [3.05, 3.63) is 47.8 Å². The number of nitrogens with zero attached hydrogens (tertiary/aromatic N) is 3. The van der Waals surface area contributed by atoms with Gasteiger partial charge >= 0.3 is 5.97 Å². The molecule has 0 unspecified atom stereocenters. The second-order valence-corrected chi connectivity index (χ2v) is 7.25. The highest BCUT2D eigenvalue weighted by Crippen LogP contribution is 2.42. The molecule has 128 valence electrons. The van der Waals surface area contributed by atoms with Gasteiger partial charge in [0.1, 0.15) is 5.03 Å². The van der Waals surface area contributed by atoms with E-state index in [-0.39, 0.29) is 0 Å². The minimum atomic E-state index is -0.855. The van der Waals surface area contributed by atoms with E-state index in [9.17, 15) is 4.79 Å². The molecule has 0 bridgehead atoms. The van der Waals surface area contributed by atoms with Crippen LogP contribution in [-0.4, -0.2) is 39.0 Å². The van der Waals surface area contributed by atoms with Gasteiger partial charge in [0.05, 0.1) is 5.69 Å². The van der Waals surface area contributed by atoms with Crippen molar-refractivity contribution in [1.29, 1.82) is 0 Å². The minimum Gasteiger partial charge on any atom is -0.478 e. The number of carbonyl (C=O) groups is 1. The highest BCUT2D eigenvalue weighted by molar-refractivity contribution is 7.99. The molecule has 1 saturated heterocycles. The van der Waals surface area contributed by atoms with Crippen molar-refractivity contribution in [1.82, 2.24) is 14.9 Å². The lowest BCUT2D eigenvalue weighted by Crippen LogP contribution is -2.31. The monoisotopic (exact) mass is 354 g/mol. The van der Waals surface area contributed by atoms with Crippen LogP contribution in [0.5, 0.6) is 0 Å². The number of hydrogen-bond donors (Lipinski definition) is 2. The first-order valence-corrected chi connectivity index (χ1v) is 9.02. The van der Waals surface area contributed by atoms with Gasteiger partial charge in [0.25, 0.3) is 0 Å². The number of hydrogen-bond acceptors (Lipinski definition) is 6. The van der Waals surface area contributed by atoms with Gasteiger partial charge in [0, 0.05) is 36.5 Å². The van der Waals surface area contributed by atoms with Crippen LogP contribution < -0.4 is 5.32 Å². The largest absolute Gasteiger partial charge is 0.478 e. The molecule has 6 nitrogen and oxygen atoms in total. The third kappa shape index (κ3) is 3.67. The highest BCUT2D eigenvalue weighted by atomic mass is 32.2. The van der Waals surface area contributed by atoms with Crippen molar-refractivity contribution in [3.63, 3.8) is 0 Å². The number of carboxylic acids is 1. The molecule has 2 aromatic rings. The van der Waals surface area contributed by atoms with Crippen molar-refractivity contribution in [2.45, 2.75) is 29.3 Å². The third-order valence-electron chi connectivity index (χ3n) is 4.30. The molecule has 2 aliphatic rings. The average Bonchev–Trinajstić information content (AvgIpc) is 2.59. The zero-order valence-corrected chi connectivity index (χ0v) is 14.4. The van der Waals surface area contributed by atoms with Crippen LogP contribution in [0, 0.1) is 0 Å². The molecule has 7 heteroatoms. The molecule has 3 heterocycles. The maximum absolute atomic E-state index is 10.9. The van der Waals surface area contributed by atoms with E-state index in [4.69, 9.17) is 5.11 Å². The first kappa shape index (κ1) is 16.1. The van der Waals surface area contributed by atoms with Crippen LogP contribution in [0.2, 0.25) is 0 Å². The molecule has 2 N–H and O–H groups in total. The van der Waals surface area contributed by atoms with Crippen LogP contribution in [0.1, 0.15) is 18.4 Å². The summed E-state index contributed by atoms with van der Waals surface area (Å²) in [4.78, 5) is 23.0. The van der Waals surface area contributed by atoms with Crippen LogP contribution in [-0.2, 0) is 11.3 Å². The Hall–Kier alpha value is -2.38. The lowest BCUT2D eigenvalue weighted by Gasteiger charge is -2.29. The smallest absolute Gasteiger partial charge is 0.328 e. The van der Waals surface area contributed by atoms with Crippen LogP contribution in [0.3, 0.4) is 0 Å². The molecule has 2 aliphatic heterocycles. The Kier molecular flexibility index (Phi) is 4.42. The SMILES string of the molecule is O=C(O)/C=C1/CCCN(Cc2ccc3c(c2)Nc2nccnc2S3)C1. The van der Waals surface area contributed by atoms with Crippen LogP contribution in [0.4, 0.5) is 11.5 Å². The number of aliphatic carboxylic acids is 1. The van der Waals surface area contributed by atoms with Crippen LogP contribution >= 0.6 is 11.8 Å². The molecule has 1 fully saturated rings. The van der Waals surface area contributed by atoms with Crippen molar-refractivity contribution in [2.24, 2.45) is 0 Å². The second kappa shape index (κ2) is 6.85. The van der Waals surface area contributed by atoms with E-state index in [0.717, 1.165) is 59.5 Å². The summed E-state index contributed by atoms with van der Waals surface area (Å²) in [5, 5.41) is 13.2. The number of fused-ring (bicyclic) bond motifs is 2. The topological polar surface area (TPSA) is 78.4 Å². The van der Waals surface area contributed by atoms with Crippen molar-refractivity contribution < 1.29 is 9.90 Å². The van der Waals surface area contributed by atoms with E-state index in [1.165, 1.54) is 11.6 Å². The predicted octanol–water partition coefficient (Wildman–Crippen LogP) is 3.29. The summed E-state index contributed by atoms with van der Waals surface area (Å²) >= 11 is 1.62. The summed E-state index contributed by atoms with van der Waals surface area (Å²) in [6.07, 6.45) is 6.62. The maximum Gasteiger partial charge on any atom is 0.328 e. The zero-order chi connectivity index (χ0) is 17.2. The molecule has 0 spiro atoms. The molecule has 1 aromatic carbocycles. The molecule has 0 aliphatic carbocycles. The fraction of sp³-hybridized carbons (Fsp3) is 0.278. The molecule has 4 rings (SSSR count). The highest BCUT2D eigenvalue weighted by Gasteiger charge is 2.19. The van der Waals surface area contributed by atoms with Crippen molar-refractivity contribution in [3.8, 4) is 0 Å². The van der Waals surface area contributed by atoms with Gasteiger partial charge in [-0.3, -0.25) is 4.90 Å². The summed E-state index contributed by atoms with van der Waals surface area (Å²) < 4.78 is 0. The zero-order valence-electron chi connectivity index (χ0n) is 13.6. The molecular weight excluding hydrogens is 336 g/mol. The molecule has 1 aromatic heterocycles. The molecule has 25 heavy (non-hydrogen) atoms. The summed E-state index contributed by atoms with van der Waals surface area (Å²) in [6, 6.07) is 6.39. The lowest BCUT2D eigenvalue weighted by molar-refractivity contribution is -0.131. The fourth-order valence-corrected chi connectivity index (χ4v) is 4.12. The van der Waals surface area contributed by atoms with Crippen LogP contribution in [0.25, 0.3) is 0 Å². The summed E-state index contributed by atoms with van der Waals surface area (Å²) in [5.41, 5.74) is 3.25. The Morgan fingerprint density at radius 2 is 2.24 bits per heavy atom. The number of piperidine rings is 1. The van der Waals surface area contributed by atoms with Gasteiger partial charge in [0.15, 0.2) is 5.82 Å². The average molecular weight is 354 g/mol. The normalized spacial score (nSPS) is 18.3. The molecule has 0 radical (unpaired) electrons. The van der Waals surface area contributed by atoms with Gasteiger partial charge in [-0.05, 0) is 42.7 Å². The Labute approximate surface area is 150 Å². The lowest BCUT2D eigenvalue weighted by atomic mass is 10.0. The van der Waals surface area contributed by atoms with Crippen molar-refractivity contribution in [2.75, 3.05) is 18.4 Å². The molecule has 0 atom stereocenters. The van der Waals surface area contributed by atoms with E-state index < -0.39 is 5.97 Å². The number of aromatic nitrogens is 2. The van der Waals surface area contributed by atoms with E-state index in [1.54, 1.807) is 24.2 Å². The molecular formula is C18H18N4O2S. The Bertz CT molecular complexity index is 853. The van der Waals surface area contributed by atoms with Crippen molar-refractivity contribution >= 4 is 29.2 Å². The maximum atomic E-state index is 10.9. The first-order chi connectivity index (χ1) is 12.2. The predicted molar refractivity (Wildman–Crippen MR) is 96.1 cm³/mol. The number of rotatable bonds is 3. The van der Waals surface area contributed by atoms with Crippen LogP contribution in [0.15, 0.2) is 52.2 Å². The van der Waals surface area contributed by atoms with Gasteiger partial charge < -0.3 is 10.4 Å².